The van der Waals surface area contributed by atoms with Gasteiger partial charge in [0.05, 0.1) is 0 Å². The van der Waals surface area contributed by atoms with Crippen molar-refractivity contribution in [3.05, 3.63) is 35.9 Å². The summed E-state index contributed by atoms with van der Waals surface area (Å²) in [5.41, 5.74) is 0.599. The molecule has 96 valence electrons. The highest BCUT2D eigenvalue weighted by Gasteiger charge is 2.17. The molecule has 1 unspecified atom stereocenters. The van der Waals surface area contributed by atoms with Crippen LogP contribution in [-0.4, -0.2) is 31.5 Å². The minimum Gasteiger partial charge on any atom is -0.396 e. The van der Waals surface area contributed by atoms with Gasteiger partial charge in [-0.3, -0.25) is 0 Å². The highest BCUT2D eigenvalue weighted by Crippen LogP contribution is 2.10. The summed E-state index contributed by atoms with van der Waals surface area (Å²) in [5, 5.41) is 17.8. The second-order valence-electron chi connectivity index (χ2n) is 3.60. The molecule has 1 rings (SSSR count). The van der Waals surface area contributed by atoms with Gasteiger partial charge in [0.2, 0.25) is 0 Å². The van der Waals surface area contributed by atoms with Crippen molar-refractivity contribution in [1.82, 2.24) is 0 Å². The smallest absolute Gasteiger partial charge is 0.274 e. The topological polar surface area (TPSA) is 83.8 Å². The fraction of sp³-hybridized carbons (Fsp3) is 0.455. The van der Waals surface area contributed by atoms with E-state index in [0.717, 1.165) is 0 Å². The summed E-state index contributed by atoms with van der Waals surface area (Å²) < 4.78 is 27.6. The average Bonchev–Trinajstić information content (AvgIpc) is 2.26. The van der Waals surface area contributed by atoms with Crippen LogP contribution in [-0.2, 0) is 20.1 Å². The van der Waals surface area contributed by atoms with Crippen molar-refractivity contribution < 1.29 is 22.8 Å². The van der Waals surface area contributed by atoms with Crippen LogP contribution in [0.3, 0.4) is 0 Å². The van der Waals surface area contributed by atoms with Gasteiger partial charge >= 0.3 is 0 Å². The normalized spacial score (nSPS) is 13.5. The lowest BCUT2D eigenvalue weighted by molar-refractivity contribution is -0.0217. The van der Waals surface area contributed by atoms with Gasteiger partial charge in [0.1, 0.15) is 5.75 Å². The molecule has 0 aliphatic carbocycles. The summed E-state index contributed by atoms with van der Waals surface area (Å²) in [6.45, 7) is -0.112. The van der Waals surface area contributed by atoms with E-state index in [-0.39, 0.29) is 18.8 Å². The fourth-order valence-corrected chi connectivity index (χ4v) is 2.40. The van der Waals surface area contributed by atoms with Gasteiger partial charge in [0, 0.05) is 13.0 Å². The van der Waals surface area contributed by atoms with Crippen molar-refractivity contribution in [2.75, 3.05) is 6.61 Å². The highest BCUT2D eigenvalue weighted by atomic mass is 32.2. The predicted molar refractivity (Wildman–Crippen MR) is 62.5 cm³/mol. The zero-order valence-electron chi connectivity index (χ0n) is 9.32. The van der Waals surface area contributed by atoms with E-state index in [1.807, 2.05) is 0 Å². The quantitative estimate of drug-likeness (QED) is 0.555. The molecule has 6 heteroatoms. The minimum atomic E-state index is -3.80. The van der Waals surface area contributed by atoms with Gasteiger partial charge in [-0.25, -0.2) is 4.18 Å². The first kappa shape index (κ1) is 14.1. The summed E-state index contributed by atoms with van der Waals surface area (Å²) in [6.07, 6.45) is -1.01. The maximum absolute atomic E-state index is 11.5. The molecule has 17 heavy (non-hydrogen) atoms. The SMILES string of the molecule is O=S(=O)(Cc1ccccc1)OC(O)CCCO. The van der Waals surface area contributed by atoms with E-state index in [4.69, 9.17) is 5.11 Å². The van der Waals surface area contributed by atoms with E-state index in [0.29, 0.717) is 12.0 Å². The maximum atomic E-state index is 11.5. The molecule has 0 fully saturated rings. The molecular weight excluding hydrogens is 244 g/mol. The lowest BCUT2D eigenvalue weighted by Gasteiger charge is -2.11. The van der Waals surface area contributed by atoms with Crippen LogP contribution in [0.2, 0.25) is 0 Å². The monoisotopic (exact) mass is 260 g/mol. The van der Waals surface area contributed by atoms with Crippen LogP contribution in [0.25, 0.3) is 0 Å². The molecule has 1 atom stereocenters. The van der Waals surface area contributed by atoms with E-state index >= 15 is 0 Å². The standard InChI is InChI=1S/C11H16O5S/c12-8-4-7-11(13)16-17(14,15)9-10-5-2-1-3-6-10/h1-3,5-6,11-13H,4,7-9H2. The van der Waals surface area contributed by atoms with E-state index < -0.39 is 16.4 Å². The Morgan fingerprint density at radius 2 is 1.88 bits per heavy atom. The van der Waals surface area contributed by atoms with Gasteiger partial charge in [-0.1, -0.05) is 30.3 Å². The molecule has 0 radical (unpaired) electrons. The van der Waals surface area contributed by atoms with Crippen LogP contribution >= 0.6 is 0 Å². The maximum Gasteiger partial charge on any atom is 0.274 e. The third-order valence-electron chi connectivity index (χ3n) is 2.05. The van der Waals surface area contributed by atoms with Gasteiger partial charge in [0.15, 0.2) is 6.29 Å². The first-order valence-corrected chi connectivity index (χ1v) is 6.85. The van der Waals surface area contributed by atoms with E-state index in [1.165, 1.54) is 0 Å². The molecule has 0 aliphatic rings. The summed E-state index contributed by atoms with van der Waals surface area (Å²) in [5.74, 6) is -0.274. The zero-order chi connectivity index (χ0) is 12.7. The fourth-order valence-electron chi connectivity index (χ4n) is 1.30. The van der Waals surface area contributed by atoms with E-state index in [2.05, 4.69) is 4.18 Å². The predicted octanol–water partition coefficient (Wildman–Crippen LogP) is 0.624. The Kier molecular flexibility index (Phi) is 5.57. The lowest BCUT2D eigenvalue weighted by Crippen LogP contribution is -2.19. The van der Waals surface area contributed by atoms with Gasteiger partial charge < -0.3 is 10.2 Å². The molecule has 1 aromatic rings. The molecule has 0 aliphatic heterocycles. The van der Waals surface area contributed by atoms with Crippen LogP contribution in [0.1, 0.15) is 18.4 Å². The van der Waals surface area contributed by atoms with Gasteiger partial charge in [-0.15, -0.1) is 0 Å². The number of aliphatic hydroxyl groups excluding tert-OH is 2. The third kappa shape index (κ3) is 5.78. The van der Waals surface area contributed by atoms with Crippen molar-refractivity contribution in [3.8, 4) is 0 Å². The van der Waals surface area contributed by atoms with Crippen LogP contribution in [0.4, 0.5) is 0 Å². The van der Waals surface area contributed by atoms with Crippen molar-refractivity contribution in [3.63, 3.8) is 0 Å². The number of benzene rings is 1. The molecule has 0 aromatic heterocycles. The Balaban J connectivity index is 2.52. The molecular formula is C11H16O5S. The Morgan fingerprint density at radius 1 is 1.24 bits per heavy atom. The second-order valence-corrected chi connectivity index (χ2v) is 5.20. The Morgan fingerprint density at radius 3 is 2.47 bits per heavy atom. The second kappa shape index (κ2) is 6.70. The van der Waals surface area contributed by atoms with Gasteiger partial charge in [-0.2, -0.15) is 8.42 Å². The number of rotatable bonds is 7. The van der Waals surface area contributed by atoms with Crippen LogP contribution in [0.5, 0.6) is 0 Å². The first-order valence-electron chi connectivity index (χ1n) is 5.27. The van der Waals surface area contributed by atoms with Crippen molar-refractivity contribution in [2.45, 2.75) is 24.9 Å². The lowest BCUT2D eigenvalue weighted by atomic mass is 10.2. The molecule has 0 saturated heterocycles. The summed E-state index contributed by atoms with van der Waals surface area (Å²) in [4.78, 5) is 0. The van der Waals surface area contributed by atoms with E-state index in [9.17, 15) is 13.5 Å². The van der Waals surface area contributed by atoms with Gasteiger partial charge in [0.25, 0.3) is 10.1 Å². The molecule has 2 N–H and O–H groups in total. The molecule has 1 aromatic carbocycles. The minimum absolute atomic E-state index is 0.0878. The molecule has 0 saturated carbocycles. The van der Waals surface area contributed by atoms with Gasteiger partial charge in [-0.05, 0) is 12.0 Å². The largest absolute Gasteiger partial charge is 0.396 e. The molecule has 0 amide bonds. The Bertz CT molecular complexity index is 415. The highest BCUT2D eigenvalue weighted by molar-refractivity contribution is 7.85. The molecule has 0 bridgehead atoms. The Labute approximate surface area is 101 Å². The molecule has 5 nitrogen and oxygen atoms in total. The zero-order valence-corrected chi connectivity index (χ0v) is 10.1. The summed E-state index contributed by atoms with van der Waals surface area (Å²) in [7, 11) is -3.80. The Hall–Kier alpha value is -0.950. The number of aliphatic hydroxyl groups is 2. The van der Waals surface area contributed by atoms with Crippen molar-refractivity contribution in [2.24, 2.45) is 0 Å². The van der Waals surface area contributed by atoms with E-state index in [1.54, 1.807) is 30.3 Å². The molecule has 0 spiro atoms. The first-order chi connectivity index (χ1) is 8.03. The average molecular weight is 260 g/mol. The summed E-state index contributed by atoms with van der Waals surface area (Å²) >= 11 is 0. The van der Waals surface area contributed by atoms with Crippen LogP contribution < -0.4 is 0 Å². The third-order valence-corrected chi connectivity index (χ3v) is 3.26. The summed E-state index contributed by atoms with van der Waals surface area (Å²) in [6, 6.07) is 8.58. The number of hydrogen-bond acceptors (Lipinski definition) is 5. The van der Waals surface area contributed by atoms with Crippen molar-refractivity contribution in [1.29, 1.82) is 0 Å². The van der Waals surface area contributed by atoms with Crippen LogP contribution in [0, 0.1) is 0 Å². The van der Waals surface area contributed by atoms with Crippen LogP contribution in [0.15, 0.2) is 30.3 Å². The molecule has 0 heterocycles. The van der Waals surface area contributed by atoms with Crippen molar-refractivity contribution >= 4 is 10.1 Å². The number of hydrogen-bond donors (Lipinski definition) is 2.